The molecule has 1 fully saturated rings. The number of methoxy groups -OCH3 is 1. The number of nitrogens with one attached hydrogen (secondary N) is 1. The highest BCUT2D eigenvalue weighted by molar-refractivity contribution is 5.81. The number of hydrogen-bond donors (Lipinski definition) is 1. The van der Waals surface area contributed by atoms with Gasteiger partial charge >= 0.3 is 5.97 Å². The van der Waals surface area contributed by atoms with Crippen molar-refractivity contribution in [3.63, 3.8) is 0 Å². The first kappa shape index (κ1) is 14.5. The van der Waals surface area contributed by atoms with Gasteiger partial charge in [-0.15, -0.1) is 0 Å². The van der Waals surface area contributed by atoms with E-state index in [2.05, 4.69) is 5.32 Å². The van der Waals surface area contributed by atoms with E-state index in [-0.39, 0.29) is 17.7 Å². The molecule has 0 aromatic heterocycles. The van der Waals surface area contributed by atoms with E-state index < -0.39 is 5.54 Å². The van der Waals surface area contributed by atoms with Gasteiger partial charge in [-0.2, -0.15) is 0 Å². The summed E-state index contributed by atoms with van der Waals surface area (Å²) < 4.78 is 10.9. The van der Waals surface area contributed by atoms with Crippen LogP contribution in [0, 0.1) is 0 Å². The Bertz CT molecular complexity index is 272. The highest BCUT2D eigenvalue weighted by atomic mass is 16.5. The molecule has 0 aliphatic heterocycles. The van der Waals surface area contributed by atoms with Gasteiger partial charge in [0, 0.05) is 6.42 Å². The van der Waals surface area contributed by atoms with Gasteiger partial charge in [-0.25, -0.2) is 0 Å². The summed E-state index contributed by atoms with van der Waals surface area (Å²) in [7, 11) is 1.44. The van der Waals surface area contributed by atoms with Gasteiger partial charge in [-0.3, -0.25) is 4.79 Å². The van der Waals surface area contributed by atoms with Crippen molar-refractivity contribution in [2.75, 3.05) is 13.7 Å². The quantitative estimate of drug-likeness (QED) is 0.766. The minimum Gasteiger partial charge on any atom is -0.468 e. The normalized spacial score (nSPS) is 29.4. The highest BCUT2D eigenvalue weighted by Crippen LogP contribution is 2.34. The van der Waals surface area contributed by atoms with E-state index in [9.17, 15) is 4.79 Å². The molecule has 2 unspecified atom stereocenters. The average Bonchev–Trinajstić information content (AvgIpc) is 2.59. The summed E-state index contributed by atoms with van der Waals surface area (Å²) in [5.74, 6) is -0.167. The van der Waals surface area contributed by atoms with Crippen molar-refractivity contribution >= 4 is 5.97 Å². The van der Waals surface area contributed by atoms with Crippen molar-refractivity contribution in [1.82, 2.24) is 5.32 Å². The molecule has 0 heterocycles. The Hall–Kier alpha value is -0.610. The monoisotopic (exact) mass is 243 g/mol. The molecule has 0 saturated heterocycles. The van der Waals surface area contributed by atoms with Gasteiger partial charge in [0.05, 0.1) is 18.8 Å². The second-order valence-corrected chi connectivity index (χ2v) is 5.70. The number of hydrogen-bond acceptors (Lipinski definition) is 4. The largest absolute Gasteiger partial charge is 0.468 e. The Morgan fingerprint density at radius 3 is 2.59 bits per heavy atom. The third-order valence-electron chi connectivity index (χ3n) is 3.08. The summed E-state index contributed by atoms with van der Waals surface area (Å²) in [6.45, 7) is 8.88. The summed E-state index contributed by atoms with van der Waals surface area (Å²) in [6, 6.07) is 0. The van der Waals surface area contributed by atoms with Crippen LogP contribution in [0.3, 0.4) is 0 Å². The highest BCUT2D eigenvalue weighted by Gasteiger charge is 2.46. The molecular formula is C13H25NO3. The third kappa shape index (κ3) is 3.68. The van der Waals surface area contributed by atoms with Gasteiger partial charge in [0.1, 0.15) is 5.54 Å². The molecule has 1 aliphatic carbocycles. The van der Waals surface area contributed by atoms with Crippen LogP contribution in [0.5, 0.6) is 0 Å². The number of rotatable bonds is 4. The fraction of sp³-hybridized carbons (Fsp3) is 0.923. The maximum atomic E-state index is 11.9. The summed E-state index contributed by atoms with van der Waals surface area (Å²) in [5, 5.41) is 3.27. The molecule has 0 aromatic carbocycles. The van der Waals surface area contributed by atoms with Gasteiger partial charge in [-0.1, -0.05) is 6.92 Å². The van der Waals surface area contributed by atoms with Gasteiger partial charge in [0.25, 0.3) is 0 Å². The maximum absolute atomic E-state index is 11.9. The number of carbonyl (C=O) groups is 1. The van der Waals surface area contributed by atoms with Gasteiger partial charge in [0.15, 0.2) is 0 Å². The van der Waals surface area contributed by atoms with Crippen molar-refractivity contribution in [2.45, 2.75) is 64.2 Å². The van der Waals surface area contributed by atoms with Crippen molar-refractivity contribution in [2.24, 2.45) is 0 Å². The Kier molecular flexibility index (Phi) is 4.55. The second kappa shape index (κ2) is 5.36. The molecule has 4 nitrogen and oxygen atoms in total. The molecule has 100 valence electrons. The fourth-order valence-corrected chi connectivity index (χ4v) is 2.55. The molecule has 1 N–H and O–H groups in total. The molecule has 1 aliphatic rings. The van der Waals surface area contributed by atoms with Crippen LogP contribution in [0.25, 0.3) is 0 Å². The van der Waals surface area contributed by atoms with E-state index in [1.807, 2.05) is 27.7 Å². The van der Waals surface area contributed by atoms with E-state index >= 15 is 0 Å². The predicted octanol–water partition coefficient (Wildman–Crippen LogP) is 1.88. The lowest BCUT2D eigenvalue weighted by atomic mass is 9.97. The zero-order valence-electron chi connectivity index (χ0n) is 11.6. The fourth-order valence-electron chi connectivity index (χ4n) is 2.55. The lowest BCUT2D eigenvalue weighted by molar-refractivity contribution is -0.149. The Labute approximate surface area is 104 Å². The summed E-state index contributed by atoms with van der Waals surface area (Å²) >= 11 is 0. The Balaban J connectivity index is 2.68. The van der Waals surface area contributed by atoms with Gasteiger partial charge < -0.3 is 14.8 Å². The summed E-state index contributed by atoms with van der Waals surface area (Å²) in [6.07, 6.45) is 2.52. The minimum absolute atomic E-state index is 0.133. The lowest BCUT2D eigenvalue weighted by Crippen LogP contribution is -2.51. The van der Waals surface area contributed by atoms with Crippen molar-refractivity contribution < 1.29 is 14.3 Å². The molecule has 17 heavy (non-hydrogen) atoms. The SMILES string of the molecule is CCNC1(C(=O)OC)CCC(OC(C)(C)C)C1. The van der Waals surface area contributed by atoms with E-state index in [1.54, 1.807) is 0 Å². The van der Waals surface area contributed by atoms with Crippen molar-refractivity contribution in [1.29, 1.82) is 0 Å². The van der Waals surface area contributed by atoms with E-state index in [4.69, 9.17) is 9.47 Å². The van der Waals surface area contributed by atoms with E-state index in [0.717, 1.165) is 19.4 Å². The molecule has 0 radical (unpaired) electrons. The summed E-state index contributed by atoms with van der Waals surface area (Å²) in [5.41, 5.74) is -0.706. The zero-order chi connectivity index (χ0) is 13.1. The van der Waals surface area contributed by atoms with Crippen LogP contribution < -0.4 is 5.32 Å². The van der Waals surface area contributed by atoms with E-state index in [0.29, 0.717) is 6.42 Å². The summed E-state index contributed by atoms with van der Waals surface area (Å²) in [4.78, 5) is 11.9. The van der Waals surface area contributed by atoms with Crippen LogP contribution in [-0.2, 0) is 14.3 Å². The topological polar surface area (TPSA) is 47.6 Å². The van der Waals surface area contributed by atoms with Crippen molar-refractivity contribution in [3.8, 4) is 0 Å². The standard InChI is InChI=1S/C13H25NO3/c1-6-14-13(11(15)16-5)8-7-10(9-13)17-12(2,3)4/h10,14H,6-9H2,1-5H3. The molecule has 1 rings (SSSR count). The lowest BCUT2D eigenvalue weighted by Gasteiger charge is -2.29. The Morgan fingerprint density at radius 1 is 1.47 bits per heavy atom. The first-order valence-electron chi connectivity index (χ1n) is 6.34. The maximum Gasteiger partial charge on any atom is 0.326 e. The average molecular weight is 243 g/mol. The molecule has 1 saturated carbocycles. The smallest absolute Gasteiger partial charge is 0.326 e. The zero-order valence-corrected chi connectivity index (χ0v) is 11.6. The molecule has 0 bridgehead atoms. The van der Waals surface area contributed by atoms with E-state index in [1.165, 1.54) is 7.11 Å². The number of likely N-dealkylation sites (N-methyl/N-ethyl adjacent to an activating group) is 1. The number of esters is 1. The molecule has 0 spiro atoms. The first-order valence-corrected chi connectivity index (χ1v) is 6.34. The molecule has 0 amide bonds. The first-order chi connectivity index (χ1) is 7.83. The second-order valence-electron chi connectivity index (χ2n) is 5.70. The van der Waals surface area contributed by atoms with Crippen LogP contribution in [0.1, 0.15) is 47.0 Å². The molecule has 0 aromatic rings. The van der Waals surface area contributed by atoms with Crippen LogP contribution in [0.4, 0.5) is 0 Å². The third-order valence-corrected chi connectivity index (χ3v) is 3.08. The molecular weight excluding hydrogens is 218 g/mol. The molecule has 4 heteroatoms. The minimum atomic E-state index is -0.542. The number of carbonyl (C=O) groups excluding carboxylic acids is 1. The predicted molar refractivity (Wildman–Crippen MR) is 66.9 cm³/mol. The molecule has 2 atom stereocenters. The Morgan fingerprint density at radius 2 is 2.12 bits per heavy atom. The van der Waals surface area contributed by atoms with Gasteiger partial charge in [0.2, 0.25) is 0 Å². The van der Waals surface area contributed by atoms with Gasteiger partial charge in [-0.05, 0) is 40.2 Å². The van der Waals surface area contributed by atoms with Crippen molar-refractivity contribution in [3.05, 3.63) is 0 Å². The van der Waals surface area contributed by atoms with Crippen LogP contribution in [0.2, 0.25) is 0 Å². The van der Waals surface area contributed by atoms with Crippen LogP contribution >= 0.6 is 0 Å². The number of ether oxygens (including phenoxy) is 2. The van der Waals surface area contributed by atoms with Crippen LogP contribution in [0.15, 0.2) is 0 Å². The van der Waals surface area contributed by atoms with Crippen LogP contribution in [-0.4, -0.2) is 36.9 Å².